The van der Waals surface area contributed by atoms with Crippen molar-refractivity contribution in [3.05, 3.63) is 24.8 Å². The van der Waals surface area contributed by atoms with Gasteiger partial charge in [-0.05, 0) is 6.42 Å². The number of carbonyl (C=O) groups excluding carboxylic acids is 8. The van der Waals surface area contributed by atoms with E-state index in [0.717, 1.165) is 41.5 Å². The Bertz CT molecular complexity index is 1560. The number of esters is 8. The maximum atomic E-state index is 12.2. The van der Waals surface area contributed by atoms with Gasteiger partial charge in [-0.3, -0.25) is 38.4 Å². The van der Waals surface area contributed by atoms with Crippen LogP contribution in [-0.2, 0) is 95.4 Å². The van der Waals surface area contributed by atoms with Crippen molar-refractivity contribution < 1.29 is 95.4 Å². The fourth-order valence-corrected chi connectivity index (χ4v) is 6.60. The normalized spacial score (nSPS) is 28.1. The summed E-state index contributed by atoms with van der Waals surface area (Å²) < 4.78 is 54.9. The van der Waals surface area contributed by atoms with Crippen molar-refractivity contribution in [1.29, 1.82) is 0 Å². The molecule has 24 heteroatoms. The average molecular weight is 873 g/mol. The monoisotopic (exact) mass is 872 g/mol. The van der Waals surface area contributed by atoms with Crippen LogP contribution in [-0.4, -0.2) is 169 Å². The molecule has 0 unspecified atom stereocenters. The second kappa shape index (κ2) is 22.2. The number of hydrogen-bond acceptors (Lipinski definition) is 24. The molecule has 340 valence electrons. The highest BCUT2D eigenvalue weighted by atomic mass is 16.8. The summed E-state index contributed by atoms with van der Waals surface area (Å²) >= 11 is 0. The number of hydroxylamine groups is 4. The van der Waals surface area contributed by atoms with Crippen molar-refractivity contribution >= 4 is 47.8 Å². The number of ether oxygens (including phenoxy) is 10. The molecule has 10 atom stereocenters. The van der Waals surface area contributed by atoms with Gasteiger partial charge >= 0.3 is 47.8 Å². The first-order valence-corrected chi connectivity index (χ1v) is 19.1. The topological polar surface area (TPSA) is 260 Å². The number of rotatable bonds is 18. The lowest BCUT2D eigenvalue weighted by atomic mass is 9.98. The summed E-state index contributed by atoms with van der Waals surface area (Å²) in [4.78, 5) is 112. The minimum absolute atomic E-state index is 0.181. The third kappa shape index (κ3) is 14.8. The van der Waals surface area contributed by atoms with Crippen LogP contribution in [0.1, 0.15) is 61.8 Å². The van der Waals surface area contributed by atoms with Crippen molar-refractivity contribution in [1.82, 2.24) is 19.9 Å². The average Bonchev–Trinajstić information content (AvgIpc) is 3.79. The molecule has 0 saturated carbocycles. The molecule has 0 aromatic rings. The molecule has 0 radical (unpaired) electrons. The maximum Gasteiger partial charge on any atom is 0.303 e. The number of carbonyl (C=O) groups is 8. The smallest absolute Gasteiger partial charge is 0.303 e. The first kappa shape index (κ1) is 48.0. The molecule has 24 nitrogen and oxygen atoms in total. The third-order valence-electron chi connectivity index (χ3n) is 8.80. The van der Waals surface area contributed by atoms with Gasteiger partial charge in [0.2, 0.25) is 12.6 Å². The van der Waals surface area contributed by atoms with E-state index in [1.807, 2.05) is 9.80 Å². The lowest BCUT2D eigenvalue weighted by molar-refractivity contribution is -0.355. The Morgan fingerprint density at radius 2 is 0.754 bits per heavy atom. The number of nitrogens with zero attached hydrogens (tertiary/aromatic N) is 4. The van der Waals surface area contributed by atoms with Crippen LogP contribution in [0.3, 0.4) is 0 Å². The van der Waals surface area contributed by atoms with Gasteiger partial charge in [-0.2, -0.15) is 0 Å². The van der Waals surface area contributed by atoms with Gasteiger partial charge < -0.3 is 57.2 Å². The van der Waals surface area contributed by atoms with Gasteiger partial charge in [0.15, 0.2) is 36.6 Å². The highest BCUT2D eigenvalue weighted by molar-refractivity contribution is 5.70. The van der Waals surface area contributed by atoms with Gasteiger partial charge in [0.25, 0.3) is 0 Å². The lowest BCUT2D eigenvalue weighted by Gasteiger charge is -2.44. The summed E-state index contributed by atoms with van der Waals surface area (Å²) in [5, 5.41) is 2.78. The highest BCUT2D eigenvalue weighted by Gasteiger charge is 2.55. The number of hydrogen-bond donors (Lipinski definition) is 0. The summed E-state index contributed by atoms with van der Waals surface area (Å²) in [5.41, 5.74) is 0. The quantitative estimate of drug-likeness (QED) is 0.124. The molecule has 4 heterocycles. The Balaban J connectivity index is 1.36. The van der Waals surface area contributed by atoms with E-state index < -0.39 is 122 Å². The van der Waals surface area contributed by atoms with Crippen molar-refractivity contribution in [2.45, 2.75) is 123 Å². The molecule has 0 aliphatic carbocycles. The predicted molar refractivity (Wildman–Crippen MR) is 196 cm³/mol. The first-order chi connectivity index (χ1) is 28.8. The summed E-state index contributed by atoms with van der Waals surface area (Å²) in [6.45, 7) is 9.65. The van der Waals surface area contributed by atoms with Crippen LogP contribution in [0.4, 0.5) is 0 Å². The van der Waals surface area contributed by atoms with Gasteiger partial charge in [-0.25, -0.2) is 19.8 Å². The molecule has 2 saturated heterocycles. The van der Waals surface area contributed by atoms with Gasteiger partial charge in [-0.1, -0.05) is 0 Å². The zero-order valence-electron chi connectivity index (χ0n) is 35.0. The summed E-state index contributed by atoms with van der Waals surface area (Å²) in [6, 6.07) is 0. The Morgan fingerprint density at radius 1 is 0.443 bits per heavy atom. The molecule has 4 aliphatic rings. The molecule has 0 spiro atoms. The Hall–Kier alpha value is -5.72. The van der Waals surface area contributed by atoms with Gasteiger partial charge in [0.1, 0.15) is 38.8 Å². The van der Waals surface area contributed by atoms with E-state index in [-0.39, 0.29) is 13.3 Å². The molecule has 0 N–H and O–H groups in total. The SMILES string of the molecule is CC(=O)OC[C@H]1O[C@@H](ON2C=CN(CCCN3C=CN(O[C@@H]4O[C@H](COC(C)=O)[C@@H](OC(C)=O)[C@H](OC(C)=O)[C@H]4OC(C)=O)C3)C2)[C@H](OC(C)=O)[C@@H](OC(C)=O)[C@@H]1OC(C)=O. The van der Waals surface area contributed by atoms with Crippen molar-refractivity contribution in [2.24, 2.45) is 0 Å². The van der Waals surface area contributed by atoms with E-state index in [1.165, 1.54) is 24.0 Å². The minimum atomic E-state index is -1.41. The standard InChI is InChI=1S/C37H52N4O20/c1-20(42)50-16-28-30(52-22(3)44)32(54-24(5)46)34(56-26(7)48)36(58-28)60-40-14-12-38(18-40)10-9-11-39-13-15-41(19-39)61-37-35(57-27(8)49)33(55-25(6)47)31(53-23(4)45)29(59-37)17-51-21(2)43/h12-15,28-37H,9-11,16-19H2,1-8H3/t28-,29-,30-,31-,32+,33+,34-,35-,36+,37+/m1/s1. The second-order valence-corrected chi connectivity index (χ2v) is 14.0. The van der Waals surface area contributed by atoms with Gasteiger partial charge in [0, 0.05) is 93.3 Å². The van der Waals surface area contributed by atoms with E-state index in [4.69, 9.17) is 57.0 Å². The molecule has 0 aromatic heterocycles. The van der Waals surface area contributed by atoms with E-state index in [2.05, 4.69) is 0 Å². The zero-order valence-corrected chi connectivity index (χ0v) is 35.0. The predicted octanol–water partition coefficient (Wildman–Crippen LogP) is -0.501. The zero-order chi connectivity index (χ0) is 45.0. The van der Waals surface area contributed by atoms with Crippen molar-refractivity contribution in [3.8, 4) is 0 Å². The fraction of sp³-hybridized carbons (Fsp3) is 0.676. The molecular formula is C37H52N4O20. The fourth-order valence-electron chi connectivity index (χ4n) is 6.60. The van der Waals surface area contributed by atoms with E-state index in [0.29, 0.717) is 19.5 Å². The molecule has 4 rings (SSSR count). The second-order valence-electron chi connectivity index (χ2n) is 14.0. The van der Waals surface area contributed by atoms with Crippen LogP contribution in [0.15, 0.2) is 24.8 Å². The molecule has 4 aliphatic heterocycles. The Labute approximate surface area is 350 Å². The van der Waals surface area contributed by atoms with Crippen molar-refractivity contribution in [3.63, 3.8) is 0 Å². The minimum Gasteiger partial charge on any atom is -0.463 e. The van der Waals surface area contributed by atoms with E-state index >= 15 is 0 Å². The molecule has 0 aromatic carbocycles. The Morgan fingerprint density at radius 3 is 1.07 bits per heavy atom. The summed E-state index contributed by atoms with van der Waals surface area (Å²) in [7, 11) is 0. The van der Waals surface area contributed by atoms with E-state index in [9.17, 15) is 38.4 Å². The van der Waals surface area contributed by atoms with Gasteiger partial charge in [0.05, 0.1) is 0 Å². The molecule has 0 amide bonds. The lowest BCUT2D eigenvalue weighted by Crippen LogP contribution is -2.63. The molecule has 2 fully saturated rings. The van der Waals surface area contributed by atoms with Crippen LogP contribution in [0.5, 0.6) is 0 Å². The highest BCUT2D eigenvalue weighted by Crippen LogP contribution is 2.33. The Kier molecular flexibility index (Phi) is 17.5. The maximum absolute atomic E-state index is 12.2. The molecular weight excluding hydrogens is 820 g/mol. The van der Waals surface area contributed by atoms with E-state index in [1.54, 1.807) is 24.8 Å². The van der Waals surface area contributed by atoms with Crippen LogP contribution in [0, 0.1) is 0 Å². The van der Waals surface area contributed by atoms with Crippen molar-refractivity contribution in [2.75, 3.05) is 39.6 Å². The summed E-state index contributed by atoms with van der Waals surface area (Å²) in [5.74, 6) is -5.91. The van der Waals surface area contributed by atoms with Crippen LogP contribution >= 0.6 is 0 Å². The molecule has 0 bridgehead atoms. The largest absolute Gasteiger partial charge is 0.463 e. The van der Waals surface area contributed by atoms with Crippen LogP contribution < -0.4 is 0 Å². The van der Waals surface area contributed by atoms with Crippen LogP contribution in [0.25, 0.3) is 0 Å². The first-order valence-electron chi connectivity index (χ1n) is 19.1. The summed E-state index contributed by atoms with van der Waals surface area (Å²) in [6.07, 6.45) is -6.16. The molecule has 61 heavy (non-hydrogen) atoms. The van der Waals surface area contributed by atoms with Crippen LogP contribution in [0.2, 0.25) is 0 Å². The van der Waals surface area contributed by atoms with Gasteiger partial charge in [-0.15, -0.1) is 0 Å². The third-order valence-corrected chi connectivity index (χ3v) is 8.80.